The highest BCUT2D eigenvalue weighted by Crippen LogP contribution is 2.34. The Labute approximate surface area is 180 Å². The molecule has 1 amide bonds. The molecule has 0 aliphatic carbocycles. The second-order valence-electron chi connectivity index (χ2n) is 8.27. The molecule has 31 heavy (non-hydrogen) atoms. The van der Waals surface area contributed by atoms with E-state index in [1.54, 1.807) is 29.2 Å². The molecule has 0 spiro atoms. The molecule has 4 rings (SSSR count). The Morgan fingerprint density at radius 2 is 1.81 bits per heavy atom. The van der Waals surface area contributed by atoms with E-state index in [1.807, 2.05) is 30.3 Å². The Bertz CT molecular complexity index is 1110. The number of nitrogens with zero attached hydrogens (tertiary/aromatic N) is 1. The lowest BCUT2D eigenvalue weighted by atomic mass is 9.75. The van der Waals surface area contributed by atoms with Gasteiger partial charge in [0.15, 0.2) is 0 Å². The number of likely N-dealkylation sites (tertiary alicyclic amines) is 1. The number of aromatic nitrogens is 1. The van der Waals surface area contributed by atoms with Crippen molar-refractivity contribution >= 4 is 5.91 Å². The molecular formula is C25H25FN2O3. The summed E-state index contributed by atoms with van der Waals surface area (Å²) in [6, 6.07) is 19.0. The Hall–Kier alpha value is -3.25. The number of aliphatic hydroxyl groups is 1. The van der Waals surface area contributed by atoms with Crippen LogP contribution in [-0.4, -0.2) is 40.6 Å². The number of aliphatic hydroxyl groups excluding tert-OH is 1. The average Bonchev–Trinajstić information content (AvgIpc) is 2.81. The number of halogens is 1. The minimum atomic E-state index is -0.511. The first kappa shape index (κ1) is 21.0. The van der Waals surface area contributed by atoms with Gasteiger partial charge in [0, 0.05) is 24.2 Å². The smallest absolute Gasteiger partial charge is 0.261 e. The molecule has 2 aromatic carbocycles. The molecule has 1 aliphatic heterocycles. The molecule has 1 aliphatic rings. The fraction of sp³-hybridized carbons (Fsp3) is 0.280. The molecule has 6 heteroatoms. The van der Waals surface area contributed by atoms with Crippen LogP contribution in [0.3, 0.4) is 0 Å². The monoisotopic (exact) mass is 420 g/mol. The molecule has 5 nitrogen and oxygen atoms in total. The van der Waals surface area contributed by atoms with Crippen LogP contribution in [0.2, 0.25) is 0 Å². The van der Waals surface area contributed by atoms with Crippen LogP contribution in [0.5, 0.6) is 0 Å². The zero-order chi connectivity index (χ0) is 21.8. The molecule has 3 aromatic rings. The molecule has 1 aromatic heterocycles. The molecule has 0 saturated carbocycles. The zero-order valence-electron chi connectivity index (χ0n) is 17.2. The maximum atomic E-state index is 13.2. The highest BCUT2D eigenvalue weighted by atomic mass is 19.1. The number of amides is 1. The van der Waals surface area contributed by atoms with Gasteiger partial charge in [-0.05, 0) is 54.7 Å². The van der Waals surface area contributed by atoms with Gasteiger partial charge >= 0.3 is 0 Å². The van der Waals surface area contributed by atoms with Crippen LogP contribution in [0.25, 0.3) is 11.3 Å². The highest BCUT2D eigenvalue weighted by Gasteiger charge is 2.37. The second-order valence-corrected chi connectivity index (χ2v) is 8.27. The number of hydrogen-bond donors (Lipinski definition) is 2. The van der Waals surface area contributed by atoms with Crippen molar-refractivity contribution in [3.8, 4) is 11.3 Å². The van der Waals surface area contributed by atoms with Crippen LogP contribution in [0.1, 0.15) is 28.8 Å². The van der Waals surface area contributed by atoms with Crippen molar-refractivity contribution in [2.45, 2.75) is 19.3 Å². The normalized spacial score (nSPS) is 18.7. The van der Waals surface area contributed by atoms with Gasteiger partial charge in [0.05, 0.1) is 6.61 Å². The lowest BCUT2D eigenvalue weighted by Gasteiger charge is -2.42. The van der Waals surface area contributed by atoms with Gasteiger partial charge in [0.2, 0.25) is 0 Å². The van der Waals surface area contributed by atoms with Crippen molar-refractivity contribution in [3.05, 3.63) is 94.0 Å². The van der Waals surface area contributed by atoms with Gasteiger partial charge in [-0.25, -0.2) is 4.39 Å². The molecule has 1 unspecified atom stereocenters. The van der Waals surface area contributed by atoms with Crippen molar-refractivity contribution in [2.24, 2.45) is 5.41 Å². The van der Waals surface area contributed by atoms with Crippen molar-refractivity contribution in [3.63, 3.8) is 0 Å². The average molecular weight is 420 g/mol. The van der Waals surface area contributed by atoms with E-state index in [1.165, 1.54) is 12.1 Å². The summed E-state index contributed by atoms with van der Waals surface area (Å²) in [7, 11) is 0. The van der Waals surface area contributed by atoms with Crippen LogP contribution in [-0.2, 0) is 6.42 Å². The highest BCUT2D eigenvalue weighted by molar-refractivity contribution is 5.94. The summed E-state index contributed by atoms with van der Waals surface area (Å²) < 4.78 is 13.2. The lowest BCUT2D eigenvalue weighted by molar-refractivity contribution is 0.0270. The third-order valence-electron chi connectivity index (χ3n) is 6.00. The predicted molar refractivity (Wildman–Crippen MR) is 117 cm³/mol. The predicted octanol–water partition coefficient (Wildman–Crippen LogP) is 3.64. The Kier molecular flexibility index (Phi) is 6.00. The van der Waals surface area contributed by atoms with Gasteiger partial charge in [0.25, 0.3) is 11.5 Å². The van der Waals surface area contributed by atoms with Crippen molar-refractivity contribution in [1.29, 1.82) is 0 Å². The summed E-state index contributed by atoms with van der Waals surface area (Å²) >= 11 is 0. The fourth-order valence-electron chi connectivity index (χ4n) is 4.34. The topological polar surface area (TPSA) is 73.4 Å². The summed E-state index contributed by atoms with van der Waals surface area (Å²) in [6.45, 7) is 0.793. The minimum absolute atomic E-state index is 0.0859. The molecule has 160 valence electrons. The first-order valence-corrected chi connectivity index (χ1v) is 10.4. The van der Waals surface area contributed by atoms with E-state index in [4.69, 9.17) is 0 Å². The number of nitrogens with one attached hydrogen (secondary N) is 1. The van der Waals surface area contributed by atoms with E-state index in [2.05, 4.69) is 4.98 Å². The van der Waals surface area contributed by atoms with E-state index < -0.39 is 11.0 Å². The molecule has 0 radical (unpaired) electrons. The number of piperidine rings is 1. The fourth-order valence-corrected chi connectivity index (χ4v) is 4.34. The Balaban J connectivity index is 1.54. The standard InChI is InChI=1S/C25H25FN2O3/c26-20-9-7-18(8-10-20)15-25(17-29)13-4-14-28(16-25)24(31)21-11-12-22(27-23(21)30)19-5-2-1-3-6-19/h1-3,5-12,29H,4,13-17H2,(H,27,30). The van der Waals surface area contributed by atoms with Crippen LogP contribution in [0, 0.1) is 11.2 Å². The molecule has 0 bridgehead atoms. The minimum Gasteiger partial charge on any atom is -0.396 e. The van der Waals surface area contributed by atoms with Crippen LogP contribution < -0.4 is 5.56 Å². The number of hydrogen-bond acceptors (Lipinski definition) is 3. The molecule has 2 N–H and O–H groups in total. The quantitative estimate of drug-likeness (QED) is 0.662. The van der Waals surface area contributed by atoms with Gasteiger partial charge in [-0.2, -0.15) is 0 Å². The van der Waals surface area contributed by atoms with E-state index in [9.17, 15) is 19.1 Å². The number of benzene rings is 2. The van der Waals surface area contributed by atoms with E-state index in [-0.39, 0.29) is 23.9 Å². The van der Waals surface area contributed by atoms with Crippen molar-refractivity contribution in [1.82, 2.24) is 9.88 Å². The maximum Gasteiger partial charge on any atom is 0.261 e. The summed E-state index contributed by atoms with van der Waals surface area (Å²) in [5.41, 5.74) is 1.59. The van der Waals surface area contributed by atoms with E-state index in [0.717, 1.165) is 24.0 Å². The molecule has 2 heterocycles. The van der Waals surface area contributed by atoms with Crippen LogP contribution in [0.15, 0.2) is 71.5 Å². The lowest BCUT2D eigenvalue weighted by Crippen LogP contribution is -2.49. The molecule has 1 fully saturated rings. The molecule has 1 saturated heterocycles. The van der Waals surface area contributed by atoms with Gasteiger partial charge in [-0.15, -0.1) is 0 Å². The summed E-state index contributed by atoms with van der Waals surface area (Å²) in [5, 5.41) is 10.2. The first-order chi connectivity index (χ1) is 15.0. The van der Waals surface area contributed by atoms with Gasteiger partial charge < -0.3 is 15.0 Å². The zero-order valence-corrected chi connectivity index (χ0v) is 17.2. The number of carbonyl (C=O) groups excluding carboxylic acids is 1. The number of pyridine rings is 1. The van der Waals surface area contributed by atoms with Crippen LogP contribution >= 0.6 is 0 Å². The Morgan fingerprint density at radius 3 is 2.48 bits per heavy atom. The van der Waals surface area contributed by atoms with Gasteiger partial charge in [0.1, 0.15) is 11.4 Å². The molecular weight excluding hydrogens is 395 g/mol. The number of H-pyrrole nitrogens is 1. The molecule has 1 atom stereocenters. The van der Waals surface area contributed by atoms with Gasteiger partial charge in [-0.1, -0.05) is 42.5 Å². The summed E-state index contributed by atoms with van der Waals surface area (Å²) in [5.74, 6) is -0.641. The van der Waals surface area contributed by atoms with Crippen molar-refractivity contribution in [2.75, 3.05) is 19.7 Å². The largest absolute Gasteiger partial charge is 0.396 e. The number of carbonyl (C=O) groups is 1. The summed E-state index contributed by atoms with van der Waals surface area (Å²) in [6.07, 6.45) is 2.03. The maximum absolute atomic E-state index is 13.2. The van der Waals surface area contributed by atoms with Crippen molar-refractivity contribution < 1.29 is 14.3 Å². The first-order valence-electron chi connectivity index (χ1n) is 10.4. The summed E-state index contributed by atoms with van der Waals surface area (Å²) in [4.78, 5) is 30.3. The SMILES string of the molecule is O=C(c1ccc(-c2ccccc2)[nH]c1=O)N1CCCC(CO)(Cc2ccc(F)cc2)C1. The number of aromatic amines is 1. The third-order valence-corrected chi connectivity index (χ3v) is 6.00. The van der Waals surface area contributed by atoms with Gasteiger partial charge in [-0.3, -0.25) is 9.59 Å². The number of rotatable bonds is 5. The second kappa shape index (κ2) is 8.86. The Morgan fingerprint density at radius 1 is 1.06 bits per heavy atom. The van der Waals surface area contributed by atoms with Crippen LogP contribution in [0.4, 0.5) is 4.39 Å². The third kappa shape index (κ3) is 4.59. The van der Waals surface area contributed by atoms with E-state index >= 15 is 0 Å². The van der Waals surface area contributed by atoms with E-state index in [0.29, 0.717) is 25.2 Å².